The number of hydrogen-bond donors (Lipinski definition) is 1. The molecule has 1 atom stereocenters. The summed E-state index contributed by atoms with van der Waals surface area (Å²) in [4.78, 5) is 0. The van der Waals surface area contributed by atoms with Crippen LogP contribution in [0, 0.1) is 0 Å². The predicted octanol–water partition coefficient (Wildman–Crippen LogP) is 2.27. The molecule has 1 unspecified atom stereocenters. The molecule has 1 aliphatic heterocycles. The fraction of sp³-hybridized carbons (Fsp3) is 0.600. The Morgan fingerprint density at radius 3 is 2.55 bits per heavy atom. The van der Waals surface area contributed by atoms with Crippen molar-refractivity contribution in [2.45, 2.75) is 31.8 Å². The standard InChI is InChI=1S/C15H23NO3S/c1-11(16-12-6-8-20(17)9-7-12)14-5-4-13(18-2)10-15(14)19-3/h4-5,10-12,16H,6-9H2,1-3H3. The molecule has 0 spiro atoms. The van der Waals surface area contributed by atoms with E-state index in [-0.39, 0.29) is 6.04 Å². The van der Waals surface area contributed by atoms with Crippen molar-refractivity contribution in [3.63, 3.8) is 0 Å². The Morgan fingerprint density at radius 1 is 1.25 bits per heavy atom. The van der Waals surface area contributed by atoms with Crippen LogP contribution in [0.5, 0.6) is 11.5 Å². The van der Waals surface area contributed by atoms with Crippen LogP contribution in [-0.2, 0) is 10.8 Å². The van der Waals surface area contributed by atoms with E-state index in [1.165, 1.54) is 0 Å². The van der Waals surface area contributed by atoms with Gasteiger partial charge in [0.1, 0.15) is 11.5 Å². The van der Waals surface area contributed by atoms with Gasteiger partial charge < -0.3 is 14.8 Å². The van der Waals surface area contributed by atoms with Crippen molar-refractivity contribution in [1.29, 1.82) is 0 Å². The lowest BCUT2D eigenvalue weighted by atomic mass is 10.0. The summed E-state index contributed by atoms with van der Waals surface area (Å²) < 4.78 is 22.1. The second kappa shape index (κ2) is 7.09. The van der Waals surface area contributed by atoms with E-state index in [4.69, 9.17) is 9.47 Å². The summed E-state index contributed by atoms with van der Waals surface area (Å²) >= 11 is 0. The molecule has 20 heavy (non-hydrogen) atoms. The van der Waals surface area contributed by atoms with Crippen LogP contribution in [0.1, 0.15) is 31.4 Å². The monoisotopic (exact) mass is 297 g/mol. The summed E-state index contributed by atoms with van der Waals surface area (Å²) in [5.74, 6) is 3.25. The second-order valence-corrected chi connectivity index (χ2v) is 6.81. The number of hydrogen-bond acceptors (Lipinski definition) is 4. The molecule has 0 radical (unpaired) electrons. The van der Waals surface area contributed by atoms with Crippen LogP contribution in [0.3, 0.4) is 0 Å². The molecule has 0 bridgehead atoms. The fourth-order valence-electron chi connectivity index (χ4n) is 2.58. The van der Waals surface area contributed by atoms with Gasteiger partial charge >= 0.3 is 0 Å². The molecule has 1 aliphatic rings. The van der Waals surface area contributed by atoms with Gasteiger partial charge in [-0.05, 0) is 25.8 Å². The highest BCUT2D eigenvalue weighted by Gasteiger charge is 2.21. The van der Waals surface area contributed by atoms with E-state index in [0.717, 1.165) is 41.4 Å². The molecule has 0 aromatic heterocycles. The third-order valence-corrected chi connectivity index (χ3v) is 5.16. The van der Waals surface area contributed by atoms with Crippen LogP contribution < -0.4 is 14.8 Å². The van der Waals surface area contributed by atoms with Gasteiger partial charge in [0.2, 0.25) is 0 Å². The Bertz CT molecular complexity index is 468. The van der Waals surface area contributed by atoms with Crippen molar-refractivity contribution < 1.29 is 13.7 Å². The van der Waals surface area contributed by atoms with E-state index >= 15 is 0 Å². The topological polar surface area (TPSA) is 47.6 Å². The van der Waals surface area contributed by atoms with Crippen LogP contribution in [0.2, 0.25) is 0 Å². The largest absolute Gasteiger partial charge is 0.497 e. The van der Waals surface area contributed by atoms with E-state index in [0.29, 0.717) is 6.04 Å². The molecule has 2 rings (SSSR count). The number of ether oxygens (including phenoxy) is 2. The van der Waals surface area contributed by atoms with Gasteiger partial charge in [-0.15, -0.1) is 0 Å². The first-order chi connectivity index (χ1) is 9.63. The average Bonchev–Trinajstić information content (AvgIpc) is 2.48. The maximum atomic E-state index is 11.4. The smallest absolute Gasteiger partial charge is 0.127 e. The highest BCUT2D eigenvalue weighted by molar-refractivity contribution is 7.85. The summed E-state index contributed by atoms with van der Waals surface area (Å²) in [7, 11) is 2.71. The first-order valence-electron chi connectivity index (χ1n) is 6.97. The van der Waals surface area contributed by atoms with Crippen molar-refractivity contribution in [2.75, 3.05) is 25.7 Å². The molecule has 0 amide bonds. The van der Waals surface area contributed by atoms with E-state index in [1.807, 2.05) is 18.2 Å². The number of benzene rings is 1. The van der Waals surface area contributed by atoms with Gasteiger partial charge in [0.15, 0.2) is 0 Å². The van der Waals surface area contributed by atoms with Crippen molar-refractivity contribution in [3.05, 3.63) is 23.8 Å². The van der Waals surface area contributed by atoms with Crippen LogP contribution in [0.15, 0.2) is 18.2 Å². The van der Waals surface area contributed by atoms with Crippen LogP contribution in [0.25, 0.3) is 0 Å². The minimum absolute atomic E-state index is 0.201. The zero-order valence-corrected chi connectivity index (χ0v) is 13.2. The molecule has 1 heterocycles. The van der Waals surface area contributed by atoms with Crippen molar-refractivity contribution >= 4 is 10.8 Å². The normalized spacial score (nSPS) is 24.1. The molecule has 1 aromatic rings. The molecule has 0 saturated carbocycles. The Morgan fingerprint density at radius 2 is 1.95 bits per heavy atom. The van der Waals surface area contributed by atoms with Crippen molar-refractivity contribution in [2.24, 2.45) is 0 Å². The van der Waals surface area contributed by atoms with E-state index in [1.54, 1.807) is 14.2 Å². The van der Waals surface area contributed by atoms with Crippen LogP contribution in [0.4, 0.5) is 0 Å². The lowest BCUT2D eigenvalue weighted by Crippen LogP contribution is -2.37. The first kappa shape index (κ1) is 15.3. The molecule has 112 valence electrons. The predicted molar refractivity (Wildman–Crippen MR) is 82.0 cm³/mol. The summed E-state index contributed by atoms with van der Waals surface area (Å²) in [5, 5.41) is 3.61. The molecule has 0 aliphatic carbocycles. The number of nitrogens with one attached hydrogen (secondary N) is 1. The minimum atomic E-state index is -0.612. The molecule has 5 heteroatoms. The number of rotatable bonds is 5. The van der Waals surface area contributed by atoms with Gasteiger partial charge in [-0.3, -0.25) is 4.21 Å². The molecule has 1 N–H and O–H groups in total. The van der Waals surface area contributed by atoms with Gasteiger partial charge in [0, 0.05) is 46.0 Å². The molecule has 1 aromatic carbocycles. The third kappa shape index (κ3) is 3.73. The first-order valence-corrected chi connectivity index (χ1v) is 8.45. The molecular weight excluding hydrogens is 274 g/mol. The lowest BCUT2D eigenvalue weighted by Gasteiger charge is -2.27. The Kier molecular flexibility index (Phi) is 5.43. The van der Waals surface area contributed by atoms with Gasteiger partial charge in [-0.1, -0.05) is 6.07 Å². The van der Waals surface area contributed by atoms with Gasteiger partial charge in [-0.25, -0.2) is 0 Å². The molecule has 1 saturated heterocycles. The Labute approximate surface area is 123 Å². The summed E-state index contributed by atoms with van der Waals surface area (Å²) in [5.41, 5.74) is 1.12. The quantitative estimate of drug-likeness (QED) is 0.905. The summed E-state index contributed by atoms with van der Waals surface area (Å²) in [6, 6.07) is 6.54. The number of methoxy groups -OCH3 is 2. The van der Waals surface area contributed by atoms with E-state index in [9.17, 15) is 4.21 Å². The molecule has 1 fully saturated rings. The lowest BCUT2D eigenvalue weighted by molar-refractivity contribution is 0.376. The molecular formula is C15H23NO3S. The fourth-order valence-corrected chi connectivity index (χ4v) is 3.88. The van der Waals surface area contributed by atoms with Crippen molar-refractivity contribution in [1.82, 2.24) is 5.32 Å². The summed E-state index contributed by atoms with van der Waals surface area (Å²) in [6.07, 6.45) is 1.96. The van der Waals surface area contributed by atoms with Crippen LogP contribution in [-0.4, -0.2) is 36.0 Å². The second-order valence-electron chi connectivity index (χ2n) is 5.12. The zero-order chi connectivity index (χ0) is 14.5. The van der Waals surface area contributed by atoms with Gasteiger partial charge in [-0.2, -0.15) is 0 Å². The zero-order valence-electron chi connectivity index (χ0n) is 12.3. The average molecular weight is 297 g/mol. The maximum absolute atomic E-state index is 11.4. The van der Waals surface area contributed by atoms with E-state index < -0.39 is 10.8 Å². The van der Waals surface area contributed by atoms with Crippen molar-refractivity contribution in [3.8, 4) is 11.5 Å². The molecule has 4 nitrogen and oxygen atoms in total. The third-order valence-electron chi connectivity index (χ3n) is 3.78. The summed E-state index contributed by atoms with van der Waals surface area (Å²) in [6.45, 7) is 2.13. The van der Waals surface area contributed by atoms with Crippen LogP contribution >= 0.6 is 0 Å². The maximum Gasteiger partial charge on any atom is 0.127 e. The highest BCUT2D eigenvalue weighted by Crippen LogP contribution is 2.30. The minimum Gasteiger partial charge on any atom is -0.497 e. The SMILES string of the molecule is COc1ccc(C(C)NC2CCS(=O)CC2)c(OC)c1. The van der Waals surface area contributed by atoms with E-state index in [2.05, 4.69) is 12.2 Å². The van der Waals surface area contributed by atoms with Gasteiger partial charge in [0.25, 0.3) is 0 Å². The van der Waals surface area contributed by atoms with Gasteiger partial charge in [0.05, 0.1) is 14.2 Å². The highest BCUT2D eigenvalue weighted by atomic mass is 32.2. The Balaban J connectivity index is 2.04. The Hall–Kier alpha value is -1.07.